The second-order valence-electron chi connectivity index (χ2n) is 3.27. The molecule has 1 aromatic rings. The van der Waals surface area contributed by atoms with Gasteiger partial charge in [0.2, 0.25) is 5.95 Å². The van der Waals surface area contributed by atoms with Crippen molar-refractivity contribution in [1.29, 1.82) is 0 Å². The van der Waals surface area contributed by atoms with Crippen LogP contribution < -0.4 is 10.2 Å². The van der Waals surface area contributed by atoms with Gasteiger partial charge in [-0.2, -0.15) is 0 Å². The third kappa shape index (κ3) is 3.48. The third-order valence-electron chi connectivity index (χ3n) is 2.23. The number of aromatic nitrogens is 2. The number of halogens is 2. The maximum atomic E-state index is 5.81. The summed E-state index contributed by atoms with van der Waals surface area (Å²) in [5.74, 6) is 0.737. The Morgan fingerprint density at radius 2 is 2.20 bits per heavy atom. The first-order valence-corrected chi connectivity index (χ1v) is 5.18. The van der Waals surface area contributed by atoms with E-state index in [4.69, 9.17) is 11.6 Å². The summed E-state index contributed by atoms with van der Waals surface area (Å²) in [6, 6.07) is 1.70. The number of nitrogens with zero attached hydrogens (tertiary/aromatic N) is 3. The van der Waals surface area contributed by atoms with Crippen LogP contribution in [0.4, 0.5) is 5.95 Å². The molecule has 0 saturated carbocycles. The summed E-state index contributed by atoms with van der Waals surface area (Å²) in [6.45, 7) is 3.99. The van der Waals surface area contributed by atoms with Gasteiger partial charge in [-0.05, 0) is 19.0 Å². The molecular formula is C9H14Cl2N4. The highest BCUT2D eigenvalue weighted by atomic mass is 35.5. The molecule has 1 aliphatic heterocycles. The molecule has 84 valence electrons. The van der Waals surface area contributed by atoms with E-state index in [2.05, 4.69) is 20.2 Å². The van der Waals surface area contributed by atoms with E-state index >= 15 is 0 Å². The Labute approximate surface area is 100 Å². The fourth-order valence-electron chi connectivity index (χ4n) is 1.53. The van der Waals surface area contributed by atoms with Crippen LogP contribution in [0.15, 0.2) is 12.3 Å². The van der Waals surface area contributed by atoms with Crippen LogP contribution in [0.25, 0.3) is 0 Å². The summed E-state index contributed by atoms with van der Waals surface area (Å²) in [5, 5.41) is 3.84. The smallest absolute Gasteiger partial charge is 0.226 e. The molecule has 1 saturated heterocycles. The van der Waals surface area contributed by atoms with E-state index in [0.29, 0.717) is 5.15 Å². The Bertz CT molecular complexity index is 300. The molecule has 0 radical (unpaired) electrons. The van der Waals surface area contributed by atoms with Crippen LogP contribution >= 0.6 is 24.0 Å². The van der Waals surface area contributed by atoms with E-state index in [1.54, 1.807) is 12.3 Å². The van der Waals surface area contributed by atoms with Gasteiger partial charge in [0.15, 0.2) is 0 Å². The molecule has 1 fully saturated rings. The van der Waals surface area contributed by atoms with Crippen LogP contribution in [0, 0.1) is 0 Å². The largest absolute Gasteiger partial charge is 0.339 e. The highest BCUT2D eigenvalue weighted by molar-refractivity contribution is 6.29. The molecular weight excluding hydrogens is 235 g/mol. The molecule has 2 rings (SSSR count). The molecule has 0 aliphatic carbocycles. The normalized spacial score (nSPS) is 16.7. The quantitative estimate of drug-likeness (QED) is 0.763. The SMILES string of the molecule is Cl.Clc1ccnc(N2CCCNCC2)n1. The summed E-state index contributed by atoms with van der Waals surface area (Å²) in [4.78, 5) is 10.6. The number of rotatable bonds is 1. The number of anilines is 1. The lowest BCUT2D eigenvalue weighted by Gasteiger charge is -2.19. The van der Waals surface area contributed by atoms with Gasteiger partial charge >= 0.3 is 0 Å². The molecule has 0 amide bonds. The Morgan fingerprint density at radius 1 is 1.33 bits per heavy atom. The standard InChI is InChI=1S/C9H13ClN4.ClH/c10-8-2-4-12-9(13-8)14-6-1-3-11-5-7-14;/h2,4,11H,1,3,5-7H2;1H. The van der Waals surface area contributed by atoms with Crippen LogP contribution in [-0.2, 0) is 0 Å². The Kier molecular flexibility index (Phi) is 5.08. The van der Waals surface area contributed by atoms with Crippen LogP contribution in [0.2, 0.25) is 5.15 Å². The minimum absolute atomic E-state index is 0. The monoisotopic (exact) mass is 248 g/mol. The van der Waals surface area contributed by atoms with Crippen LogP contribution in [0.3, 0.4) is 0 Å². The van der Waals surface area contributed by atoms with Gasteiger partial charge in [-0.3, -0.25) is 0 Å². The molecule has 0 atom stereocenters. The topological polar surface area (TPSA) is 41.1 Å². The van der Waals surface area contributed by atoms with Gasteiger partial charge < -0.3 is 10.2 Å². The molecule has 15 heavy (non-hydrogen) atoms. The summed E-state index contributed by atoms with van der Waals surface area (Å²) >= 11 is 5.81. The highest BCUT2D eigenvalue weighted by Crippen LogP contribution is 2.11. The molecule has 1 aromatic heterocycles. The zero-order valence-corrected chi connectivity index (χ0v) is 9.89. The molecule has 6 heteroatoms. The molecule has 0 bridgehead atoms. The summed E-state index contributed by atoms with van der Waals surface area (Å²) < 4.78 is 0. The minimum atomic E-state index is 0. The first-order valence-electron chi connectivity index (χ1n) is 4.80. The van der Waals surface area contributed by atoms with Crippen molar-refractivity contribution in [1.82, 2.24) is 15.3 Å². The molecule has 1 N–H and O–H groups in total. The average Bonchev–Trinajstić information content (AvgIpc) is 2.45. The Hall–Kier alpha value is -0.580. The third-order valence-corrected chi connectivity index (χ3v) is 2.44. The van der Waals surface area contributed by atoms with Crippen molar-refractivity contribution >= 4 is 30.0 Å². The number of hydrogen-bond acceptors (Lipinski definition) is 4. The van der Waals surface area contributed by atoms with Gasteiger partial charge in [0.25, 0.3) is 0 Å². The number of nitrogens with one attached hydrogen (secondary N) is 1. The first kappa shape index (κ1) is 12.5. The van der Waals surface area contributed by atoms with Crippen LogP contribution in [0.5, 0.6) is 0 Å². The van der Waals surface area contributed by atoms with E-state index in [0.717, 1.165) is 38.5 Å². The van der Waals surface area contributed by atoms with Gasteiger partial charge in [0, 0.05) is 25.8 Å². The lowest BCUT2D eigenvalue weighted by atomic mass is 10.4. The zero-order chi connectivity index (χ0) is 9.80. The van der Waals surface area contributed by atoms with Crippen molar-refractivity contribution in [2.75, 3.05) is 31.1 Å². The van der Waals surface area contributed by atoms with Gasteiger partial charge in [-0.25, -0.2) is 9.97 Å². The van der Waals surface area contributed by atoms with Crippen molar-refractivity contribution < 1.29 is 0 Å². The minimum Gasteiger partial charge on any atom is -0.339 e. The second kappa shape index (κ2) is 6.10. The lowest BCUT2D eigenvalue weighted by molar-refractivity contribution is 0.724. The maximum absolute atomic E-state index is 5.81. The van der Waals surface area contributed by atoms with Crippen LogP contribution in [-0.4, -0.2) is 36.1 Å². The molecule has 0 aromatic carbocycles. The van der Waals surface area contributed by atoms with Crippen molar-refractivity contribution in [3.8, 4) is 0 Å². The van der Waals surface area contributed by atoms with Gasteiger partial charge in [-0.1, -0.05) is 11.6 Å². The summed E-state index contributed by atoms with van der Waals surface area (Å²) in [6.07, 6.45) is 2.82. The predicted molar refractivity (Wildman–Crippen MR) is 64.0 cm³/mol. The second-order valence-corrected chi connectivity index (χ2v) is 3.66. The van der Waals surface area contributed by atoms with E-state index in [1.165, 1.54) is 0 Å². The van der Waals surface area contributed by atoms with E-state index in [9.17, 15) is 0 Å². The maximum Gasteiger partial charge on any atom is 0.226 e. The van der Waals surface area contributed by atoms with Crippen molar-refractivity contribution in [2.24, 2.45) is 0 Å². The molecule has 0 spiro atoms. The van der Waals surface area contributed by atoms with E-state index in [1.807, 2.05) is 0 Å². The van der Waals surface area contributed by atoms with Crippen molar-refractivity contribution in [3.05, 3.63) is 17.4 Å². The molecule has 4 nitrogen and oxygen atoms in total. The molecule has 0 unspecified atom stereocenters. The van der Waals surface area contributed by atoms with E-state index in [-0.39, 0.29) is 12.4 Å². The Balaban J connectivity index is 0.00000112. The zero-order valence-electron chi connectivity index (χ0n) is 8.32. The first-order chi connectivity index (χ1) is 6.86. The highest BCUT2D eigenvalue weighted by Gasteiger charge is 2.11. The number of hydrogen-bond donors (Lipinski definition) is 1. The molecule has 2 heterocycles. The van der Waals surface area contributed by atoms with Gasteiger partial charge in [-0.15, -0.1) is 12.4 Å². The van der Waals surface area contributed by atoms with Crippen molar-refractivity contribution in [3.63, 3.8) is 0 Å². The lowest BCUT2D eigenvalue weighted by Crippen LogP contribution is -2.29. The average molecular weight is 249 g/mol. The van der Waals surface area contributed by atoms with Crippen molar-refractivity contribution in [2.45, 2.75) is 6.42 Å². The van der Waals surface area contributed by atoms with E-state index < -0.39 is 0 Å². The molecule has 1 aliphatic rings. The summed E-state index contributed by atoms with van der Waals surface area (Å²) in [5.41, 5.74) is 0. The summed E-state index contributed by atoms with van der Waals surface area (Å²) in [7, 11) is 0. The Morgan fingerprint density at radius 3 is 3.00 bits per heavy atom. The van der Waals surface area contributed by atoms with Gasteiger partial charge in [0.1, 0.15) is 5.15 Å². The predicted octanol–water partition coefficient (Wildman–Crippen LogP) is 1.35. The van der Waals surface area contributed by atoms with Crippen LogP contribution in [0.1, 0.15) is 6.42 Å². The fourth-order valence-corrected chi connectivity index (χ4v) is 1.66. The van der Waals surface area contributed by atoms with Gasteiger partial charge in [0.05, 0.1) is 0 Å². The fraction of sp³-hybridized carbons (Fsp3) is 0.556.